The third-order valence-electron chi connectivity index (χ3n) is 7.24. The van der Waals surface area contributed by atoms with E-state index >= 15 is 0 Å². The molecule has 1 N–H and O–H groups in total. The molecule has 6 rings (SSSR count). The summed E-state index contributed by atoms with van der Waals surface area (Å²) in [5.41, 5.74) is 2.75. The van der Waals surface area contributed by atoms with Crippen molar-refractivity contribution in [3.05, 3.63) is 64.9 Å². The second kappa shape index (κ2) is 8.16. The molecule has 0 spiro atoms. The van der Waals surface area contributed by atoms with Gasteiger partial charge in [-0.2, -0.15) is 0 Å². The van der Waals surface area contributed by atoms with Crippen LogP contribution in [0.25, 0.3) is 10.2 Å². The molecule has 2 aromatic carbocycles. The number of nitrogens with zero attached hydrogens (tertiary/aromatic N) is 2. The number of rotatable bonds is 3. The molecule has 6 nitrogen and oxygen atoms in total. The monoisotopic (exact) mass is 492 g/mol. The highest BCUT2D eigenvalue weighted by Crippen LogP contribution is 2.50. The molecule has 4 atom stereocenters. The van der Waals surface area contributed by atoms with E-state index < -0.39 is 30.1 Å². The van der Waals surface area contributed by atoms with Gasteiger partial charge in [0.2, 0.25) is 0 Å². The lowest BCUT2D eigenvalue weighted by atomic mass is 9.77. The van der Waals surface area contributed by atoms with Gasteiger partial charge in [-0.05, 0) is 60.6 Å². The van der Waals surface area contributed by atoms with E-state index in [2.05, 4.69) is 19.9 Å². The minimum Gasteiger partial charge on any atom is -0.508 e. The maximum absolute atomic E-state index is 14.2. The van der Waals surface area contributed by atoms with Gasteiger partial charge in [0.25, 0.3) is 5.91 Å². The largest absolute Gasteiger partial charge is 0.508 e. The summed E-state index contributed by atoms with van der Waals surface area (Å²) in [5.74, 6) is -0.880. The summed E-state index contributed by atoms with van der Waals surface area (Å²) >= 11 is 1.38. The Kier molecular flexibility index (Phi) is 5.18. The Morgan fingerprint density at radius 1 is 1.17 bits per heavy atom. The number of phenols is 1. The molecule has 35 heavy (non-hydrogen) atoms. The van der Waals surface area contributed by atoms with Gasteiger partial charge in [0.15, 0.2) is 16.7 Å². The van der Waals surface area contributed by atoms with Crippen LogP contribution in [-0.2, 0) is 14.3 Å². The van der Waals surface area contributed by atoms with E-state index in [4.69, 9.17) is 9.72 Å². The van der Waals surface area contributed by atoms with Crippen molar-refractivity contribution in [3.63, 3.8) is 0 Å². The second-order valence-corrected chi connectivity index (χ2v) is 10.8. The Morgan fingerprint density at radius 3 is 2.77 bits per heavy atom. The van der Waals surface area contributed by atoms with Crippen LogP contribution in [0.5, 0.6) is 5.75 Å². The van der Waals surface area contributed by atoms with E-state index in [1.807, 2.05) is 12.1 Å². The number of amides is 1. The van der Waals surface area contributed by atoms with Gasteiger partial charge >= 0.3 is 0 Å². The lowest BCUT2D eigenvalue weighted by Gasteiger charge is -2.36. The molecule has 3 aliphatic rings. The van der Waals surface area contributed by atoms with Crippen LogP contribution in [0.3, 0.4) is 0 Å². The molecule has 4 unspecified atom stereocenters. The Balaban J connectivity index is 1.49. The predicted octanol–water partition coefficient (Wildman–Crippen LogP) is 5.57. The highest BCUT2D eigenvalue weighted by Gasteiger charge is 2.54. The second-order valence-electron chi connectivity index (χ2n) is 9.83. The van der Waals surface area contributed by atoms with Crippen LogP contribution in [0, 0.1) is 5.92 Å². The number of benzene rings is 2. The summed E-state index contributed by atoms with van der Waals surface area (Å²) in [5, 5.41) is 10.6. The van der Waals surface area contributed by atoms with Crippen LogP contribution >= 0.6 is 11.3 Å². The fraction of sp³-hybridized carbons (Fsp3) is 0.370. The molecule has 1 aliphatic carbocycles. The molecule has 1 saturated carbocycles. The first-order chi connectivity index (χ1) is 16.8. The Morgan fingerprint density at radius 2 is 2.00 bits per heavy atom. The molecule has 3 heterocycles. The number of carbonyl (C=O) groups excluding carboxylic acids is 2. The number of thiazole rings is 1. The summed E-state index contributed by atoms with van der Waals surface area (Å²) in [6.07, 6.45) is -0.734. The van der Waals surface area contributed by atoms with Crippen molar-refractivity contribution in [2.24, 2.45) is 5.92 Å². The van der Waals surface area contributed by atoms with Gasteiger partial charge in [-0.3, -0.25) is 14.5 Å². The zero-order valence-electron chi connectivity index (χ0n) is 19.4. The number of halogens is 1. The zero-order valence-corrected chi connectivity index (χ0v) is 20.2. The average molecular weight is 493 g/mol. The fourth-order valence-electron chi connectivity index (χ4n) is 5.41. The van der Waals surface area contributed by atoms with E-state index in [1.165, 1.54) is 27.9 Å². The molecule has 180 valence electrons. The molecule has 0 saturated heterocycles. The smallest absolute Gasteiger partial charge is 0.296 e. The number of anilines is 1. The summed E-state index contributed by atoms with van der Waals surface area (Å²) in [7, 11) is 0. The first-order valence-electron chi connectivity index (χ1n) is 11.9. The first-order valence-corrected chi connectivity index (χ1v) is 12.8. The standard InChI is InChI=1S/C27H25FN2O4S/c1-13(2)14-6-8-19-21(11-14)35-27(29-19)30-23(15-4-3-5-17(31)10-15)22-24(32)18-12-16(28)7-9-20(18)34-25(22)26(30)33/h3-6,8,10-11,13,16,18,20,23,31H,7,9,12H2,1-2H3. The number of fused-ring (bicyclic) bond motifs is 2. The van der Waals surface area contributed by atoms with Crippen LogP contribution in [0.4, 0.5) is 9.52 Å². The molecular formula is C27H25FN2O4S. The number of ether oxygens (including phenoxy) is 1. The van der Waals surface area contributed by atoms with Crippen LogP contribution in [0.2, 0.25) is 0 Å². The number of aromatic nitrogens is 1. The van der Waals surface area contributed by atoms with Gasteiger partial charge in [0.1, 0.15) is 18.0 Å². The normalized spacial score (nSPS) is 26.3. The van der Waals surface area contributed by atoms with Crippen LogP contribution in [0.1, 0.15) is 56.2 Å². The molecule has 0 bridgehead atoms. The zero-order chi connectivity index (χ0) is 24.4. The van der Waals surface area contributed by atoms with Gasteiger partial charge in [-0.1, -0.05) is 43.4 Å². The predicted molar refractivity (Wildman–Crippen MR) is 131 cm³/mol. The fourth-order valence-corrected chi connectivity index (χ4v) is 6.45. The number of carbonyl (C=O) groups is 2. The van der Waals surface area contributed by atoms with Crippen molar-refractivity contribution in [1.29, 1.82) is 0 Å². The number of ketones is 1. The highest BCUT2D eigenvalue weighted by molar-refractivity contribution is 7.22. The maximum Gasteiger partial charge on any atom is 0.296 e. The molecule has 8 heteroatoms. The first kappa shape index (κ1) is 22.2. The highest BCUT2D eigenvalue weighted by atomic mass is 32.1. The number of alkyl halides is 1. The van der Waals surface area contributed by atoms with Crippen LogP contribution in [0.15, 0.2) is 53.8 Å². The van der Waals surface area contributed by atoms with Gasteiger partial charge in [-0.25, -0.2) is 9.37 Å². The number of hydrogen-bond acceptors (Lipinski definition) is 6. The third-order valence-corrected chi connectivity index (χ3v) is 8.26. The minimum atomic E-state index is -1.06. The van der Waals surface area contributed by atoms with Gasteiger partial charge in [0, 0.05) is 0 Å². The summed E-state index contributed by atoms with van der Waals surface area (Å²) in [6.45, 7) is 4.24. The SMILES string of the molecule is CC(C)c1ccc2nc(N3C(=O)C4=C(C(=O)C5CC(F)CCC5O4)C3c3cccc(O)c3)sc2c1. The average Bonchev–Trinajstić information content (AvgIpc) is 3.38. The Bertz CT molecular complexity index is 1400. The van der Waals surface area contributed by atoms with E-state index in [0.29, 0.717) is 29.5 Å². The molecule has 1 aromatic heterocycles. The van der Waals surface area contributed by atoms with Crippen molar-refractivity contribution in [3.8, 4) is 5.75 Å². The lowest BCUT2D eigenvalue weighted by Crippen LogP contribution is -2.42. The van der Waals surface area contributed by atoms with Crippen molar-refractivity contribution >= 4 is 38.4 Å². The maximum atomic E-state index is 14.2. The molecule has 3 aromatic rings. The molecule has 2 aliphatic heterocycles. The lowest BCUT2D eigenvalue weighted by molar-refractivity contribution is -0.133. The topological polar surface area (TPSA) is 79.7 Å². The van der Waals surface area contributed by atoms with Gasteiger partial charge in [0.05, 0.1) is 27.7 Å². The van der Waals surface area contributed by atoms with Crippen molar-refractivity contribution in [2.75, 3.05) is 4.90 Å². The number of phenolic OH excluding ortho intramolecular Hbond substituents is 1. The quantitative estimate of drug-likeness (QED) is 0.517. The molecular weight excluding hydrogens is 467 g/mol. The van der Waals surface area contributed by atoms with Crippen molar-refractivity contribution in [2.45, 2.75) is 57.3 Å². The summed E-state index contributed by atoms with van der Waals surface area (Å²) < 4.78 is 21.3. The Hall–Kier alpha value is -3.26. The summed E-state index contributed by atoms with van der Waals surface area (Å²) in [4.78, 5) is 33.7. The van der Waals surface area contributed by atoms with E-state index in [9.17, 15) is 19.1 Å². The van der Waals surface area contributed by atoms with Crippen LogP contribution < -0.4 is 4.90 Å². The van der Waals surface area contributed by atoms with Gasteiger partial charge < -0.3 is 9.84 Å². The number of Topliss-reactive ketones (excluding diaryl/α,β-unsaturated/α-hetero) is 1. The molecule has 1 amide bonds. The Labute approximate surface area is 206 Å². The molecule has 1 fully saturated rings. The van der Waals surface area contributed by atoms with Crippen LogP contribution in [-0.4, -0.2) is 34.1 Å². The molecule has 0 radical (unpaired) electrons. The van der Waals surface area contributed by atoms with E-state index in [1.54, 1.807) is 18.2 Å². The van der Waals surface area contributed by atoms with E-state index in [-0.39, 0.29) is 29.3 Å². The van der Waals surface area contributed by atoms with Crippen molar-refractivity contribution < 1.29 is 23.8 Å². The summed E-state index contributed by atoms with van der Waals surface area (Å²) in [6, 6.07) is 11.8. The third kappa shape index (κ3) is 3.54. The minimum absolute atomic E-state index is 0.0263. The number of hydrogen-bond donors (Lipinski definition) is 1. The van der Waals surface area contributed by atoms with Crippen molar-refractivity contribution in [1.82, 2.24) is 4.98 Å². The van der Waals surface area contributed by atoms with Gasteiger partial charge in [-0.15, -0.1) is 0 Å². The number of aromatic hydroxyl groups is 1. The van der Waals surface area contributed by atoms with E-state index in [0.717, 1.165) is 10.2 Å².